The van der Waals surface area contributed by atoms with E-state index in [0.717, 1.165) is 5.56 Å². The number of nitrogens with zero attached hydrogens (tertiary/aromatic N) is 2. The molecular weight excluding hydrogens is 220 g/mol. The summed E-state index contributed by atoms with van der Waals surface area (Å²) >= 11 is 5.87. The highest BCUT2D eigenvalue weighted by atomic mass is 35.5. The largest absolute Gasteiger partial charge is 0.236 e. The van der Waals surface area contributed by atoms with Crippen LogP contribution in [0.4, 0.5) is 0 Å². The van der Waals surface area contributed by atoms with Gasteiger partial charge in [0.15, 0.2) is 5.82 Å². The molecule has 0 saturated heterocycles. The first kappa shape index (κ1) is 11.1. The van der Waals surface area contributed by atoms with Crippen molar-refractivity contribution in [2.75, 3.05) is 0 Å². The number of hydrogen-bond donors (Lipinski definition) is 0. The Hall–Kier alpha value is -1.41. The van der Waals surface area contributed by atoms with Crippen LogP contribution < -0.4 is 0 Å². The van der Waals surface area contributed by atoms with E-state index in [4.69, 9.17) is 11.6 Å². The van der Waals surface area contributed by atoms with Crippen molar-refractivity contribution in [1.29, 1.82) is 0 Å². The first-order valence-corrected chi connectivity index (χ1v) is 5.52. The van der Waals surface area contributed by atoms with Crippen LogP contribution in [0.2, 0.25) is 5.15 Å². The quantitative estimate of drug-likeness (QED) is 0.701. The fourth-order valence-electron chi connectivity index (χ4n) is 1.67. The van der Waals surface area contributed by atoms with E-state index in [2.05, 4.69) is 42.9 Å². The Balaban J connectivity index is 2.60. The van der Waals surface area contributed by atoms with E-state index in [-0.39, 0.29) is 0 Å². The minimum atomic E-state index is 0.475. The second-order valence-corrected chi connectivity index (χ2v) is 4.34. The van der Waals surface area contributed by atoms with Crippen LogP contribution in [0, 0.1) is 20.8 Å². The highest BCUT2D eigenvalue weighted by Gasteiger charge is 2.07. The van der Waals surface area contributed by atoms with Gasteiger partial charge in [-0.05, 0) is 49.6 Å². The summed E-state index contributed by atoms with van der Waals surface area (Å²) in [5.74, 6) is 0.688. The van der Waals surface area contributed by atoms with E-state index >= 15 is 0 Å². The van der Waals surface area contributed by atoms with Gasteiger partial charge in [-0.15, -0.1) is 0 Å². The van der Waals surface area contributed by atoms with Gasteiger partial charge in [0.1, 0.15) is 5.15 Å². The summed E-state index contributed by atoms with van der Waals surface area (Å²) in [6.07, 6.45) is 1.68. The smallest absolute Gasteiger partial charge is 0.161 e. The van der Waals surface area contributed by atoms with E-state index in [1.807, 2.05) is 0 Å². The van der Waals surface area contributed by atoms with Gasteiger partial charge in [-0.1, -0.05) is 17.7 Å². The third-order valence-corrected chi connectivity index (χ3v) is 2.91. The lowest BCUT2D eigenvalue weighted by Crippen LogP contribution is -1.93. The lowest BCUT2D eigenvalue weighted by molar-refractivity contribution is 1.16. The Morgan fingerprint density at radius 1 is 1.00 bits per heavy atom. The third-order valence-electron chi connectivity index (χ3n) is 2.70. The molecule has 0 bridgehead atoms. The van der Waals surface area contributed by atoms with Crippen molar-refractivity contribution in [3.05, 3.63) is 46.2 Å². The average molecular weight is 233 g/mol. The van der Waals surface area contributed by atoms with Gasteiger partial charge < -0.3 is 0 Å². The summed E-state index contributed by atoms with van der Waals surface area (Å²) in [5.41, 5.74) is 4.74. The van der Waals surface area contributed by atoms with Gasteiger partial charge in [0.25, 0.3) is 0 Å². The Bertz CT molecular complexity index is 535. The predicted octanol–water partition coefficient (Wildman–Crippen LogP) is 3.72. The molecule has 2 aromatic rings. The average Bonchev–Trinajstić information content (AvgIpc) is 2.23. The minimum Gasteiger partial charge on any atom is -0.236 e. The monoisotopic (exact) mass is 232 g/mol. The van der Waals surface area contributed by atoms with Crippen molar-refractivity contribution in [3.8, 4) is 11.4 Å². The summed E-state index contributed by atoms with van der Waals surface area (Å²) < 4.78 is 0. The molecule has 1 aromatic carbocycles. The molecule has 0 fully saturated rings. The number of hydrogen-bond acceptors (Lipinski definition) is 2. The van der Waals surface area contributed by atoms with Crippen LogP contribution in [-0.2, 0) is 0 Å². The number of benzene rings is 1. The van der Waals surface area contributed by atoms with Crippen molar-refractivity contribution in [2.24, 2.45) is 0 Å². The lowest BCUT2D eigenvalue weighted by Gasteiger charge is -2.08. The van der Waals surface area contributed by atoms with Gasteiger partial charge in [-0.3, -0.25) is 0 Å². The zero-order valence-electron chi connectivity index (χ0n) is 9.58. The fraction of sp³-hybridized carbons (Fsp3) is 0.231. The topological polar surface area (TPSA) is 25.8 Å². The first-order chi connectivity index (χ1) is 7.58. The molecule has 0 spiro atoms. The standard InChI is InChI=1S/C13H13ClN2/c1-8-6-10(3)11(7-9(8)2)13-15-5-4-12(14)16-13/h4-7H,1-3H3. The van der Waals surface area contributed by atoms with Crippen LogP contribution >= 0.6 is 11.6 Å². The van der Waals surface area contributed by atoms with Crippen LogP contribution in [-0.4, -0.2) is 9.97 Å². The molecule has 82 valence electrons. The fourth-order valence-corrected chi connectivity index (χ4v) is 1.80. The zero-order valence-corrected chi connectivity index (χ0v) is 10.3. The van der Waals surface area contributed by atoms with Crippen LogP contribution in [0.15, 0.2) is 24.4 Å². The summed E-state index contributed by atoms with van der Waals surface area (Å²) in [6, 6.07) is 5.94. The Morgan fingerprint density at radius 2 is 1.69 bits per heavy atom. The van der Waals surface area contributed by atoms with E-state index in [1.54, 1.807) is 12.3 Å². The van der Waals surface area contributed by atoms with Crippen LogP contribution in [0.5, 0.6) is 0 Å². The highest BCUT2D eigenvalue weighted by molar-refractivity contribution is 6.29. The first-order valence-electron chi connectivity index (χ1n) is 5.14. The molecule has 0 saturated carbocycles. The second-order valence-electron chi connectivity index (χ2n) is 3.95. The van der Waals surface area contributed by atoms with Crippen LogP contribution in [0.1, 0.15) is 16.7 Å². The van der Waals surface area contributed by atoms with Crippen LogP contribution in [0.3, 0.4) is 0 Å². The predicted molar refractivity (Wildman–Crippen MR) is 66.7 cm³/mol. The summed E-state index contributed by atoms with van der Waals surface area (Å²) in [4.78, 5) is 8.48. The Morgan fingerprint density at radius 3 is 2.38 bits per heavy atom. The second kappa shape index (κ2) is 4.22. The van der Waals surface area contributed by atoms with Crippen molar-refractivity contribution < 1.29 is 0 Å². The molecule has 0 N–H and O–H groups in total. The number of aryl methyl sites for hydroxylation is 3. The lowest BCUT2D eigenvalue weighted by atomic mass is 10.0. The van der Waals surface area contributed by atoms with E-state index in [0.29, 0.717) is 11.0 Å². The Kier molecular flexibility index (Phi) is 2.92. The molecule has 16 heavy (non-hydrogen) atoms. The molecule has 0 unspecified atom stereocenters. The summed E-state index contributed by atoms with van der Waals surface area (Å²) in [5, 5.41) is 0.475. The maximum absolute atomic E-state index is 5.87. The van der Waals surface area contributed by atoms with E-state index in [9.17, 15) is 0 Å². The van der Waals surface area contributed by atoms with Crippen molar-refractivity contribution in [2.45, 2.75) is 20.8 Å². The van der Waals surface area contributed by atoms with Crippen molar-refractivity contribution in [3.63, 3.8) is 0 Å². The molecular formula is C13H13ClN2. The van der Waals surface area contributed by atoms with Gasteiger partial charge >= 0.3 is 0 Å². The van der Waals surface area contributed by atoms with Gasteiger partial charge in [0.05, 0.1) is 0 Å². The number of aromatic nitrogens is 2. The number of halogens is 1. The van der Waals surface area contributed by atoms with E-state index < -0.39 is 0 Å². The minimum absolute atomic E-state index is 0.475. The van der Waals surface area contributed by atoms with Crippen LogP contribution in [0.25, 0.3) is 11.4 Å². The molecule has 0 aliphatic heterocycles. The molecule has 0 aliphatic rings. The maximum Gasteiger partial charge on any atom is 0.161 e. The molecule has 0 aliphatic carbocycles. The SMILES string of the molecule is Cc1cc(C)c(-c2nccc(Cl)n2)cc1C. The van der Waals surface area contributed by atoms with E-state index in [1.165, 1.54) is 16.7 Å². The highest BCUT2D eigenvalue weighted by Crippen LogP contribution is 2.24. The van der Waals surface area contributed by atoms with Crippen molar-refractivity contribution >= 4 is 11.6 Å². The van der Waals surface area contributed by atoms with Gasteiger partial charge in [0.2, 0.25) is 0 Å². The number of rotatable bonds is 1. The molecule has 1 heterocycles. The van der Waals surface area contributed by atoms with Gasteiger partial charge in [-0.2, -0.15) is 0 Å². The molecule has 0 atom stereocenters. The normalized spacial score (nSPS) is 10.5. The van der Waals surface area contributed by atoms with Gasteiger partial charge in [0, 0.05) is 11.8 Å². The van der Waals surface area contributed by atoms with Gasteiger partial charge in [-0.25, -0.2) is 9.97 Å². The zero-order chi connectivity index (χ0) is 11.7. The third kappa shape index (κ3) is 2.07. The molecule has 0 radical (unpaired) electrons. The van der Waals surface area contributed by atoms with Crippen molar-refractivity contribution in [1.82, 2.24) is 9.97 Å². The summed E-state index contributed by atoms with van der Waals surface area (Å²) in [6.45, 7) is 6.25. The Labute approximate surface area is 100 Å². The molecule has 3 heteroatoms. The maximum atomic E-state index is 5.87. The molecule has 2 rings (SSSR count). The molecule has 1 aromatic heterocycles. The molecule has 0 amide bonds. The molecule has 2 nitrogen and oxygen atoms in total. The summed E-state index contributed by atoms with van der Waals surface area (Å²) in [7, 11) is 0.